The van der Waals surface area contributed by atoms with Crippen LogP contribution in [0.15, 0.2) is 0 Å². The van der Waals surface area contributed by atoms with Crippen molar-refractivity contribution in [3.63, 3.8) is 0 Å². The van der Waals surface area contributed by atoms with E-state index in [0.717, 1.165) is 39.3 Å². The molecule has 0 radical (unpaired) electrons. The molecule has 1 heterocycles. The van der Waals surface area contributed by atoms with Gasteiger partial charge in [0.25, 0.3) is 0 Å². The number of carboxylic acids is 1. The highest BCUT2D eigenvalue weighted by molar-refractivity contribution is 5.67. The Morgan fingerprint density at radius 3 is 1.64 bits per heavy atom. The Labute approximate surface area is 149 Å². The van der Waals surface area contributed by atoms with Crippen LogP contribution in [-0.2, 0) is 23.7 Å². The van der Waals surface area contributed by atoms with E-state index in [4.69, 9.17) is 29.2 Å². The number of aliphatic hydroxyl groups is 1. The Morgan fingerprint density at radius 2 is 1.16 bits per heavy atom. The van der Waals surface area contributed by atoms with Gasteiger partial charge in [-0.15, -0.1) is 0 Å². The van der Waals surface area contributed by atoms with Gasteiger partial charge in [-0.2, -0.15) is 0 Å². The summed E-state index contributed by atoms with van der Waals surface area (Å²) in [5, 5.41) is 17.0. The average molecular weight is 364 g/mol. The zero-order chi connectivity index (χ0) is 18.2. The van der Waals surface area contributed by atoms with Gasteiger partial charge in [0.1, 0.15) is 6.61 Å². The molecule has 0 aromatic heterocycles. The number of carbonyl (C=O) groups is 1. The summed E-state index contributed by atoms with van der Waals surface area (Å²) in [5.41, 5.74) is 0. The first-order chi connectivity index (χ1) is 12.2. The van der Waals surface area contributed by atoms with Crippen molar-refractivity contribution in [2.24, 2.45) is 0 Å². The van der Waals surface area contributed by atoms with Crippen molar-refractivity contribution in [2.75, 3.05) is 98.7 Å². The van der Waals surface area contributed by atoms with E-state index in [1.54, 1.807) is 0 Å². The van der Waals surface area contributed by atoms with Crippen molar-refractivity contribution in [1.82, 2.24) is 9.80 Å². The number of aliphatic carboxylic acids is 1. The summed E-state index contributed by atoms with van der Waals surface area (Å²) < 4.78 is 21.0. The standard InChI is InChI=1S/C16H32N2O7/c19-7-10-22-8-5-17-1-3-18(4-2-17)6-9-23-11-12-24-13-14-25-15-16(20)21/h19H,1-15H2,(H,20,21). The molecule has 25 heavy (non-hydrogen) atoms. The first-order valence-corrected chi connectivity index (χ1v) is 8.80. The zero-order valence-corrected chi connectivity index (χ0v) is 14.9. The monoisotopic (exact) mass is 364 g/mol. The maximum absolute atomic E-state index is 10.2. The van der Waals surface area contributed by atoms with Crippen molar-refractivity contribution in [2.45, 2.75) is 0 Å². The minimum absolute atomic E-state index is 0.0807. The number of rotatable bonds is 16. The lowest BCUT2D eigenvalue weighted by Gasteiger charge is -2.34. The van der Waals surface area contributed by atoms with Gasteiger partial charge in [-0.3, -0.25) is 9.80 Å². The van der Waals surface area contributed by atoms with Gasteiger partial charge in [0, 0.05) is 39.3 Å². The van der Waals surface area contributed by atoms with E-state index in [1.807, 2.05) is 0 Å². The lowest BCUT2D eigenvalue weighted by Crippen LogP contribution is -2.48. The smallest absolute Gasteiger partial charge is 0.329 e. The topological polar surface area (TPSA) is 101 Å². The first-order valence-electron chi connectivity index (χ1n) is 8.80. The average Bonchev–Trinajstić information content (AvgIpc) is 2.61. The third-order valence-electron chi connectivity index (χ3n) is 3.77. The number of piperazine rings is 1. The molecule has 148 valence electrons. The number of hydrogen-bond acceptors (Lipinski definition) is 8. The predicted molar refractivity (Wildman–Crippen MR) is 90.9 cm³/mol. The van der Waals surface area contributed by atoms with E-state index in [0.29, 0.717) is 39.6 Å². The molecule has 0 aromatic carbocycles. The van der Waals surface area contributed by atoms with E-state index >= 15 is 0 Å². The highest BCUT2D eigenvalue weighted by Gasteiger charge is 2.15. The SMILES string of the molecule is O=C(O)COCCOCCOCCN1CCN(CCOCCO)CC1. The minimum atomic E-state index is -0.973. The molecule has 1 rings (SSSR count). The van der Waals surface area contributed by atoms with Gasteiger partial charge in [-0.25, -0.2) is 4.79 Å². The molecule has 1 aliphatic heterocycles. The third-order valence-corrected chi connectivity index (χ3v) is 3.77. The van der Waals surface area contributed by atoms with Crippen LogP contribution in [0.4, 0.5) is 0 Å². The predicted octanol–water partition coefficient (Wildman–Crippen LogP) is -1.25. The third kappa shape index (κ3) is 13.1. The molecule has 0 amide bonds. The summed E-state index contributed by atoms with van der Waals surface area (Å²) in [6, 6.07) is 0. The van der Waals surface area contributed by atoms with Crippen LogP contribution >= 0.6 is 0 Å². The van der Waals surface area contributed by atoms with E-state index in [9.17, 15) is 4.79 Å². The van der Waals surface area contributed by atoms with Gasteiger partial charge in [-0.05, 0) is 0 Å². The lowest BCUT2D eigenvalue weighted by molar-refractivity contribution is -0.142. The van der Waals surface area contributed by atoms with Crippen molar-refractivity contribution in [1.29, 1.82) is 0 Å². The Morgan fingerprint density at radius 1 is 0.720 bits per heavy atom. The summed E-state index contributed by atoms with van der Waals surface area (Å²) in [7, 11) is 0. The van der Waals surface area contributed by atoms with Gasteiger partial charge >= 0.3 is 5.97 Å². The fourth-order valence-corrected chi connectivity index (χ4v) is 2.39. The molecule has 0 atom stereocenters. The van der Waals surface area contributed by atoms with Gasteiger partial charge in [0.2, 0.25) is 0 Å². The van der Waals surface area contributed by atoms with Crippen LogP contribution in [-0.4, -0.2) is 125 Å². The summed E-state index contributed by atoms with van der Waals surface area (Å²) in [6.07, 6.45) is 0. The lowest BCUT2D eigenvalue weighted by atomic mass is 10.3. The molecule has 0 aliphatic carbocycles. The van der Waals surface area contributed by atoms with E-state index in [2.05, 4.69) is 9.80 Å². The molecule has 1 saturated heterocycles. The molecule has 9 nitrogen and oxygen atoms in total. The Hall–Kier alpha value is -0.810. The molecular weight excluding hydrogens is 332 g/mol. The van der Waals surface area contributed by atoms with Gasteiger partial charge in [0.05, 0.1) is 52.9 Å². The Kier molecular flexibility index (Phi) is 13.7. The van der Waals surface area contributed by atoms with Crippen LogP contribution in [0.1, 0.15) is 0 Å². The molecular formula is C16H32N2O7. The Balaban J connectivity index is 1.83. The number of hydrogen-bond donors (Lipinski definition) is 2. The zero-order valence-electron chi connectivity index (χ0n) is 14.9. The fourth-order valence-electron chi connectivity index (χ4n) is 2.39. The molecule has 9 heteroatoms. The van der Waals surface area contributed by atoms with Crippen LogP contribution in [0.3, 0.4) is 0 Å². The second-order valence-electron chi connectivity index (χ2n) is 5.69. The largest absolute Gasteiger partial charge is 0.480 e. The highest BCUT2D eigenvalue weighted by atomic mass is 16.5. The quantitative estimate of drug-likeness (QED) is 0.325. The van der Waals surface area contributed by atoms with Crippen LogP contribution in [0.2, 0.25) is 0 Å². The molecule has 0 unspecified atom stereocenters. The van der Waals surface area contributed by atoms with Gasteiger partial charge in [-0.1, -0.05) is 0 Å². The highest BCUT2D eigenvalue weighted by Crippen LogP contribution is 2.01. The molecule has 0 saturated carbocycles. The first kappa shape index (κ1) is 22.2. The van der Waals surface area contributed by atoms with E-state index in [1.165, 1.54) is 0 Å². The van der Waals surface area contributed by atoms with Crippen molar-refractivity contribution in [3.05, 3.63) is 0 Å². The van der Waals surface area contributed by atoms with E-state index < -0.39 is 5.97 Å². The molecule has 0 bridgehead atoms. The fraction of sp³-hybridized carbons (Fsp3) is 0.938. The van der Waals surface area contributed by atoms with Gasteiger partial charge < -0.3 is 29.2 Å². The van der Waals surface area contributed by atoms with Crippen LogP contribution in [0.5, 0.6) is 0 Å². The normalized spacial score (nSPS) is 16.4. The number of nitrogens with zero attached hydrogens (tertiary/aromatic N) is 2. The maximum Gasteiger partial charge on any atom is 0.329 e. The Bertz CT molecular complexity index is 326. The van der Waals surface area contributed by atoms with Crippen molar-refractivity contribution < 1.29 is 34.0 Å². The number of aliphatic hydroxyl groups excluding tert-OH is 1. The summed E-state index contributed by atoms with van der Waals surface area (Å²) in [4.78, 5) is 15.0. The summed E-state index contributed by atoms with van der Waals surface area (Å²) >= 11 is 0. The maximum atomic E-state index is 10.2. The van der Waals surface area contributed by atoms with Crippen LogP contribution < -0.4 is 0 Å². The van der Waals surface area contributed by atoms with Crippen LogP contribution in [0.25, 0.3) is 0 Å². The number of carboxylic acid groups (broad SMARTS) is 1. The van der Waals surface area contributed by atoms with E-state index in [-0.39, 0.29) is 19.8 Å². The molecule has 1 aliphatic rings. The van der Waals surface area contributed by atoms with Crippen LogP contribution in [0, 0.1) is 0 Å². The van der Waals surface area contributed by atoms with Gasteiger partial charge in [0.15, 0.2) is 0 Å². The van der Waals surface area contributed by atoms with Crippen molar-refractivity contribution in [3.8, 4) is 0 Å². The summed E-state index contributed by atoms with van der Waals surface area (Å²) in [5.74, 6) is -0.973. The molecule has 0 aromatic rings. The summed E-state index contributed by atoms with van der Waals surface area (Å²) in [6.45, 7) is 9.17. The molecule has 1 fully saturated rings. The van der Waals surface area contributed by atoms with Crippen molar-refractivity contribution >= 4 is 5.97 Å². The second kappa shape index (κ2) is 15.4. The molecule has 0 spiro atoms. The number of ether oxygens (including phenoxy) is 4. The minimum Gasteiger partial charge on any atom is -0.480 e. The molecule has 2 N–H and O–H groups in total. The second-order valence-corrected chi connectivity index (χ2v) is 5.69.